The predicted molar refractivity (Wildman–Crippen MR) is 73.0 cm³/mol. The van der Waals surface area contributed by atoms with Crippen LogP contribution in [0.1, 0.15) is 61.8 Å². The molecule has 0 fully saturated rings. The summed E-state index contributed by atoms with van der Waals surface area (Å²) in [5.74, 6) is 0. The second-order valence-electron chi connectivity index (χ2n) is 6.44. The Bertz CT molecular complexity index is 185. The Kier molecular flexibility index (Phi) is 5.70. The van der Waals surface area contributed by atoms with E-state index in [2.05, 4.69) is 55.4 Å². The van der Waals surface area contributed by atoms with Gasteiger partial charge in [0, 0.05) is 0 Å². The minimum absolute atomic E-state index is 0.108. The summed E-state index contributed by atoms with van der Waals surface area (Å²) in [7, 11) is -2.04. The molecule has 0 aromatic rings. The molecule has 0 bridgehead atoms. The van der Waals surface area contributed by atoms with Crippen molar-refractivity contribution in [2.45, 2.75) is 85.1 Å². The van der Waals surface area contributed by atoms with Gasteiger partial charge in [0.25, 0.3) is 0 Å². The fourth-order valence-corrected chi connectivity index (χ4v) is 5.82. The van der Waals surface area contributed by atoms with Gasteiger partial charge >= 0.3 is 8.56 Å². The molecule has 0 aliphatic heterocycles. The van der Waals surface area contributed by atoms with Crippen molar-refractivity contribution >= 4 is 8.56 Å². The Morgan fingerprint density at radius 2 is 1.19 bits per heavy atom. The Balaban J connectivity index is 4.85. The standard InChI is InChI=1S/C13H30O2Si/c1-9-11-16(10-2,14-12(3,4)5)15-13(6,7)8/h9-11H2,1-8H3. The minimum atomic E-state index is -2.04. The van der Waals surface area contributed by atoms with Gasteiger partial charge in [-0.3, -0.25) is 0 Å². The van der Waals surface area contributed by atoms with Crippen molar-refractivity contribution in [2.24, 2.45) is 0 Å². The van der Waals surface area contributed by atoms with E-state index in [0.717, 1.165) is 18.5 Å². The number of rotatable bonds is 5. The van der Waals surface area contributed by atoms with Crippen molar-refractivity contribution in [2.75, 3.05) is 0 Å². The highest BCUT2D eigenvalue weighted by molar-refractivity contribution is 6.67. The van der Waals surface area contributed by atoms with Crippen LogP contribution in [0.15, 0.2) is 0 Å². The van der Waals surface area contributed by atoms with Gasteiger partial charge in [-0.1, -0.05) is 20.3 Å². The van der Waals surface area contributed by atoms with E-state index in [0.29, 0.717) is 0 Å². The molecule has 16 heavy (non-hydrogen) atoms. The van der Waals surface area contributed by atoms with Crippen LogP contribution in [-0.2, 0) is 8.85 Å². The number of hydrogen-bond acceptors (Lipinski definition) is 2. The summed E-state index contributed by atoms with van der Waals surface area (Å²) in [5, 5.41) is 0. The van der Waals surface area contributed by atoms with Crippen LogP contribution >= 0.6 is 0 Å². The molecule has 0 saturated heterocycles. The summed E-state index contributed by atoms with van der Waals surface area (Å²) in [5.41, 5.74) is -0.217. The van der Waals surface area contributed by atoms with Gasteiger partial charge in [0.15, 0.2) is 0 Å². The van der Waals surface area contributed by atoms with E-state index in [-0.39, 0.29) is 11.2 Å². The molecule has 0 radical (unpaired) electrons. The molecule has 0 aliphatic carbocycles. The molecule has 0 atom stereocenters. The van der Waals surface area contributed by atoms with E-state index >= 15 is 0 Å². The molecule has 0 aromatic carbocycles. The molecule has 0 amide bonds. The largest absolute Gasteiger partial charge is 0.389 e. The molecular formula is C13H30O2Si. The molecule has 98 valence electrons. The van der Waals surface area contributed by atoms with Crippen LogP contribution in [0.4, 0.5) is 0 Å². The lowest BCUT2D eigenvalue weighted by Gasteiger charge is -2.40. The zero-order valence-electron chi connectivity index (χ0n) is 12.4. The van der Waals surface area contributed by atoms with Crippen molar-refractivity contribution in [3.05, 3.63) is 0 Å². The molecule has 0 unspecified atom stereocenters. The summed E-state index contributed by atoms with van der Waals surface area (Å²) in [6, 6.07) is 2.10. The van der Waals surface area contributed by atoms with E-state index in [9.17, 15) is 0 Å². The molecule has 0 aliphatic rings. The lowest BCUT2D eigenvalue weighted by atomic mass is 10.2. The van der Waals surface area contributed by atoms with E-state index in [1.54, 1.807) is 0 Å². The minimum Gasteiger partial charge on any atom is -0.389 e. The first-order valence-electron chi connectivity index (χ1n) is 6.44. The van der Waals surface area contributed by atoms with Gasteiger partial charge in [-0.25, -0.2) is 0 Å². The lowest BCUT2D eigenvalue weighted by molar-refractivity contribution is 0.0143. The van der Waals surface area contributed by atoms with Crippen LogP contribution in [0.5, 0.6) is 0 Å². The average molecular weight is 246 g/mol. The van der Waals surface area contributed by atoms with Gasteiger partial charge in [0.05, 0.1) is 11.2 Å². The molecule has 0 heterocycles. The fraction of sp³-hybridized carbons (Fsp3) is 1.00. The highest BCUT2D eigenvalue weighted by Crippen LogP contribution is 2.30. The van der Waals surface area contributed by atoms with Crippen LogP contribution in [0.3, 0.4) is 0 Å². The summed E-state index contributed by atoms with van der Waals surface area (Å²) < 4.78 is 12.6. The molecule has 0 saturated carbocycles. The summed E-state index contributed by atoms with van der Waals surface area (Å²) in [6.45, 7) is 17.1. The van der Waals surface area contributed by atoms with Crippen LogP contribution in [0, 0.1) is 0 Å². The van der Waals surface area contributed by atoms with Gasteiger partial charge in [-0.2, -0.15) is 0 Å². The third-order valence-corrected chi connectivity index (χ3v) is 6.46. The SMILES string of the molecule is CCC[Si](CC)(OC(C)(C)C)OC(C)(C)C. The summed E-state index contributed by atoms with van der Waals surface area (Å²) >= 11 is 0. The highest BCUT2D eigenvalue weighted by Gasteiger charge is 2.41. The normalized spacial score (nSPS) is 14.2. The first kappa shape index (κ1) is 16.1. The highest BCUT2D eigenvalue weighted by atomic mass is 28.4. The smallest absolute Gasteiger partial charge is 0.338 e. The molecule has 0 rings (SSSR count). The molecule has 2 nitrogen and oxygen atoms in total. The molecule has 0 N–H and O–H groups in total. The van der Waals surface area contributed by atoms with E-state index in [1.807, 2.05) is 0 Å². The van der Waals surface area contributed by atoms with Gasteiger partial charge < -0.3 is 8.85 Å². The molecule has 0 aromatic heterocycles. The van der Waals surface area contributed by atoms with Crippen molar-refractivity contribution < 1.29 is 8.85 Å². The van der Waals surface area contributed by atoms with Crippen molar-refractivity contribution in [3.63, 3.8) is 0 Å². The van der Waals surface area contributed by atoms with E-state index in [4.69, 9.17) is 8.85 Å². The van der Waals surface area contributed by atoms with E-state index in [1.165, 1.54) is 0 Å². The van der Waals surface area contributed by atoms with Gasteiger partial charge in [0.2, 0.25) is 0 Å². The Hall–Kier alpha value is 0.137. The van der Waals surface area contributed by atoms with Crippen molar-refractivity contribution in [3.8, 4) is 0 Å². The summed E-state index contributed by atoms with van der Waals surface area (Å²) in [4.78, 5) is 0. The molecule has 3 heteroatoms. The Morgan fingerprint density at radius 3 is 1.38 bits per heavy atom. The third kappa shape index (κ3) is 6.66. The van der Waals surface area contributed by atoms with Crippen LogP contribution < -0.4 is 0 Å². The Labute approximate surface area is 103 Å². The zero-order chi connectivity index (χ0) is 13.0. The first-order valence-corrected chi connectivity index (χ1v) is 8.67. The second-order valence-corrected chi connectivity index (χ2v) is 9.88. The monoisotopic (exact) mass is 246 g/mol. The fourth-order valence-electron chi connectivity index (χ4n) is 1.94. The second kappa shape index (κ2) is 5.65. The van der Waals surface area contributed by atoms with Crippen LogP contribution in [0.2, 0.25) is 12.1 Å². The quantitative estimate of drug-likeness (QED) is 0.666. The average Bonchev–Trinajstić information content (AvgIpc) is 1.98. The van der Waals surface area contributed by atoms with Crippen LogP contribution in [-0.4, -0.2) is 19.8 Å². The Morgan fingerprint density at radius 1 is 0.812 bits per heavy atom. The zero-order valence-corrected chi connectivity index (χ0v) is 13.4. The lowest BCUT2D eigenvalue weighted by Crippen LogP contribution is -2.51. The van der Waals surface area contributed by atoms with Gasteiger partial charge in [0.1, 0.15) is 0 Å². The van der Waals surface area contributed by atoms with Crippen molar-refractivity contribution in [1.29, 1.82) is 0 Å². The van der Waals surface area contributed by atoms with E-state index < -0.39 is 8.56 Å². The van der Waals surface area contributed by atoms with Gasteiger partial charge in [-0.05, 0) is 53.6 Å². The maximum atomic E-state index is 6.31. The maximum absolute atomic E-state index is 6.31. The predicted octanol–water partition coefficient (Wildman–Crippen LogP) is 4.49. The molecular weight excluding hydrogens is 216 g/mol. The topological polar surface area (TPSA) is 18.5 Å². The van der Waals surface area contributed by atoms with Gasteiger partial charge in [-0.15, -0.1) is 0 Å². The third-order valence-electron chi connectivity index (χ3n) is 2.15. The van der Waals surface area contributed by atoms with Crippen LogP contribution in [0.25, 0.3) is 0 Å². The van der Waals surface area contributed by atoms with Crippen molar-refractivity contribution in [1.82, 2.24) is 0 Å². The number of hydrogen-bond donors (Lipinski definition) is 0. The maximum Gasteiger partial charge on any atom is 0.338 e. The summed E-state index contributed by atoms with van der Waals surface area (Å²) in [6.07, 6.45) is 1.13. The first-order chi connectivity index (χ1) is 7.04. The molecule has 0 spiro atoms.